The Morgan fingerprint density at radius 3 is 2.67 bits per heavy atom. The molecule has 8 heteroatoms. The molecule has 0 bridgehead atoms. The van der Waals surface area contributed by atoms with E-state index in [-0.39, 0.29) is 10.7 Å². The highest BCUT2D eigenvalue weighted by molar-refractivity contribution is 6.32. The minimum atomic E-state index is -0.729. The van der Waals surface area contributed by atoms with Crippen LogP contribution in [0.1, 0.15) is 10.4 Å². The number of esters is 1. The number of carbonyl (C=O) groups is 2. The highest BCUT2D eigenvalue weighted by atomic mass is 35.5. The molecule has 0 aliphatic heterocycles. The van der Waals surface area contributed by atoms with E-state index in [4.69, 9.17) is 27.9 Å². The van der Waals surface area contributed by atoms with Crippen LogP contribution in [0.25, 0.3) is 0 Å². The van der Waals surface area contributed by atoms with E-state index < -0.39 is 18.5 Å². The monoisotopic (exact) mass is 325 g/mol. The molecule has 0 atom stereocenters. The lowest BCUT2D eigenvalue weighted by molar-refractivity contribution is -0.119. The van der Waals surface area contributed by atoms with Gasteiger partial charge in [-0.05, 0) is 24.3 Å². The van der Waals surface area contributed by atoms with Crippen LogP contribution in [-0.2, 0) is 9.53 Å². The van der Waals surface area contributed by atoms with Gasteiger partial charge in [0, 0.05) is 12.4 Å². The normalized spacial score (nSPS) is 10.0. The van der Waals surface area contributed by atoms with Gasteiger partial charge in [-0.3, -0.25) is 4.79 Å². The third kappa shape index (κ3) is 4.40. The second-order valence-electron chi connectivity index (χ2n) is 3.83. The van der Waals surface area contributed by atoms with E-state index in [0.29, 0.717) is 10.8 Å². The van der Waals surface area contributed by atoms with Crippen molar-refractivity contribution in [2.24, 2.45) is 0 Å². The van der Waals surface area contributed by atoms with Gasteiger partial charge in [0.1, 0.15) is 11.0 Å². The molecule has 0 aromatic carbocycles. The van der Waals surface area contributed by atoms with Crippen LogP contribution in [0.3, 0.4) is 0 Å². The molecule has 6 nitrogen and oxygen atoms in total. The second-order valence-corrected chi connectivity index (χ2v) is 4.62. The summed E-state index contributed by atoms with van der Waals surface area (Å²) in [5.41, 5.74) is 0.0941. The first kappa shape index (κ1) is 15.2. The van der Waals surface area contributed by atoms with Gasteiger partial charge in [-0.1, -0.05) is 23.2 Å². The molecule has 2 rings (SSSR count). The van der Waals surface area contributed by atoms with Crippen molar-refractivity contribution in [3.05, 3.63) is 52.4 Å². The number of anilines is 1. The Bertz CT molecular complexity index is 662. The van der Waals surface area contributed by atoms with E-state index in [9.17, 15) is 9.59 Å². The summed E-state index contributed by atoms with van der Waals surface area (Å²) in [7, 11) is 0. The van der Waals surface area contributed by atoms with E-state index in [1.807, 2.05) is 0 Å². The first-order valence-electron chi connectivity index (χ1n) is 5.75. The zero-order valence-corrected chi connectivity index (χ0v) is 12.1. The molecule has 1 N–H and O–H groups in total. The van der Waals surface area contributed by atoms with Crippen molar-refractivity contribution in [1.82, 2.24) is 9.97 Å². The summed E-state index contributed by atoms with van der Waals surface area (Å²) in [6.07, 6.45) is 2.83. The minimum Gasteiger partial charge on any atom is -0.452 e. The number of rotatable bonds is 4. The fourth-order valence-corrected chi connectivity index (χ4v) is 1.68. The number of hydrogen-bond acceptors (Lipinski definition) is 5. The molecule has 0 saturated carbocycles. The molecule has 1 amide bonds. The zero-order valence-electron chi connectivity index (χ0n) is 10.5. The van der Waals surface area contributed by atoms with Crippen LogP contribution >= 0.6 is 23.2 Å². The molecule has 0 aliphatic rings. The maximum atomic E-state index is 11.7. The molecule has 0 fully saturated rings. The summed E-state index contributed by atoms with van der Waals surface area (Å²) < 4.78 is 4.84. The number of ether oxygens (including phenoxy) is 1. The Labute approximate surface area is 130 Å². The summed E-state index contributed by atoms with van der Waals surface area (Å²) in [4.78, 5) is 30.9. The minimum absolute atomic E-state index is 0.0160. The van der Waals surface area contributed by atoms with Gasteiger partial charge in [-0.2, -0.15) is 0 Å². The predicted octanol–water partition coefficient (Wildman–Crippen LogP) is 2.58. The molecular weight excluding hydrogens is 317 g/mol. The quantitative estimate of drug-likeness (QED) is 0.690. The zero-order chi connectivity index (χ0) is 15.2. The third-order valence-electron chi connectivity index (χ3n) is 2.31. The Kier molecular flexibility index (Phi) is 5.08. The lowest BCUT2D eigenvalue weighted by atomic mass is 10.3. The van der Waals surface area contributed by atoms with Crippen molar-refractivity contribution >= 4 is 40.9 Å². The van der Waals surface area contributed by atoms with Gasteiger partial charge >= 0.3 is 5.97 Å². The Morgan fingerprint density at radius 2 is 2.00 bits per heavy atom. The van der Waals surface area contributed by atoms with Crippen molar-refractivity contribution in [1.29, 1.82) is 0 Å². The average Bonchev–Trinajstić information content (AvgIpc) is 2.48. The smallest absolute Gasteiger partial charge is 0.341 e. The molecular formula is C13H9Cl2N3O3. The molecule has 0 saturated heterocycles. The first-order valence-corrected chi connectivity index (χ1v) is 6.51. The van der Waals surface area contributed by atoms with Gasteiger partial charge in [0.15, 0.2) is 6.61 Å². The molecule has 0 unspecified atom stereocenters. The highest BCUT2D eigenvalue weighted by Gasteiger charge is 2.14. The number of amides is 1. The number of halogens is 2. The van der Waals surface area contributed by atoms with Crippen LogP contribution in [0.5, 0.6) is 0 Å². The van der Waals surface area contributed by atoms with Crippen molar-refractivity contribution in [3.63, 3.8) is 0 Å². The molecule has 0 spiro atoms. The van der Waals surface area contributed by atoms with Crippen molar-refractivity contribution in [3.8, 4) is 0 Å². The Hall–Kier alpha value is -2.18. The summed E-state index contributed by atoms with van der Waals surface area (Å²) in [6, 6.07) is 6.10. The third-order valence-corrected chi connectivity index (χ3v) is 2.83. The molecule has 0 radical (unpaired) electrons. The lowest BCUT2D eigenvalue weighted by Gasteiger charge is -2.06. The van der Waals surface area contributed by atoms with E-state index in [0.717, 1.165) is 0 Å². The number of pyridine rings is 2. The molecule has 2 heterocycles. The average molecular weight is 326 g/mol. The van der Waals surface area contributed by atoms with Crippen LogP contribution in [0.4, 0.5) is 5.82 Å². The molecule has 0 aliphatic carbocycles. The van der Waals surface area contributed by atoms with Crippen LogP contribution < -0.4 is 5.32 Å². The fraction of sp³-hybridized carbons (Fsp3) is 0.0769. The summed E-state index contributed by atoms with van der Waals surface area (Å²) in [6.45, 7) is -0.464. The van der Waals surface area contributed by atoms with Crippen molar-refractivity contribution < 1.29 is 14.3 Å². The first-order chi connectivity index (χ1) is 10.1. The maximum absolute atomic E-state index is 11.7. The number of nitrogens with one attached hydrogen (secondary N) is 1. The molecule has 2 aromatic heterocycles. The van der Waals surface area contributed by atoms with Gasteiger partial charge in [-0.25, -0.2) is 14.8 Å². The van der Waals surface area contributed by atoms with Gasteiger partial charge in [-0.15, -0.1) is 0 Å². The van der Waals surface area contributed by atoms with Crippen LogP contribution in [0.15, 0.2) is 36.7 Å². The fourth-order valence-electron chi connectivity index (χ4n) is 1.38. The summed E-state index contributed by atoms with van der Waals surface area (Å²) in [5, 5.41) is 2.92. The number of carbonyl (C=O) groups excluding carboxylic acids is 2. The largest absolute Gasteiger partial charge is 0.452 e. The molecule has 21 heavy (non-hydrogen) atoms. The Balaban J connectivity index is 1.88. The number of aromatic nitrogens is 2. The predicted molar refractivity (Wildman–Crippen MR) is 77.4 cm³/mol. The van der Waals surface area contributed by atoms with Crippen LogP contribution in [0, 0.1) is 0 Å². The standard InChI is InChI=1S/C13H9Cl2N3O3/c14-8-3-4-10(17-6-8)18-11(19)7-21-13(20)9-2-1-5-16-12(9)15/h1-6H,7H2,(H,17,18,19). The highest BCUT2D eigenvalue weighted by Crippen LogP contribution is 2.13. The van der Waals surface area contributed by atoms with Gasteiger partial charge in [0.25, 0.3) is 5.91 Å². The topological polar surface area (TPSA) is 81.2 Å². The van der Waals surface area contributed by atoms with E-state index >= 15 is 0 Å². The summed E-state index contributed by atoms with van der Waals surface area (Å²) >= 11 is 11.4. The van der Waals surface area contributed by atoms with Gasteiger partial charge in [0.05, 0.1) is 10.6 Å². The summed E-state index contributed by atoms with van der Waals surface area (Å²) in [5.74, 6) is -0.953. The van der Waals surface area contributed by atoms with Crippen molar-refractivity contribution in [2.75, 3.05) is 11.9 Å². The van der Waals surface area contributed by atoms with Crippen molar-refractivity contribution in [2.45, 2.75) is 0 Å². The van der Waals surface area contributed by atoms with Crippen LogP contribution in [0.2, 0.25) is 10.2 Å². The maximum Gasteiger partial charge on any atom is 0.341 e. The van der Waals surface area contributed by atoms with E-state index in [1.165, 1.54) is 24.5 Å². The Morgan fingerprint density at radius 1 is 1.19 bits per heavy atom. The number of nitrogens with zero attached hydrogens (tertiary/aromatic N) is 2. The van der Waals surface area contributed by atoms with Crippen LogP contribution in [-0.4, -0.2) is 28.5 Å². The second kappa shape index (κ2) is 7.01. The van der Waals surface area contributed by atoms with E-state index in [2.05, 4.69) is 15.3 Å². The van der Waals surface area contributed by atoms with E-state index in [1.54, 1.807) is 12.1 Å². The van der Waals surface area contributed by atoms with Gasteiger partial charge < -0.3 is 10.1 Å². The molecule has 108 valence electrons. The number of hydrogen-bond donors (Lipinski definition) is 1. The van der Waals surface area contributed by atoms with Gasteiger partial charge in [0.2, 0.25) is 0 Å². The molecule has 2 aromatic rings. The lowest BCUT2D eigenvalue weighted by Crippen LogP contribution is -2.21. The SMILES string of the molecule is O=C(COC(=O)c1cccnc1Cl)Nc1ccc(Cl)cn1.